The summed E-state index contributed by atoms with van der Waals surface area (Å²) in [4.78, 5) is 0. The number of nitrogens with two attached hydrogens (primary N) is 1. The summed E-state index contributed by atoms with van der Waals surface area (Å²) >= 11 is 0. The molecular formula is C15H19N3O. The van der Waals surface area contributed by atoms with Gasteiger partial charge in [-0.25, -0.2) is 0 Å². The van der Waals surface area contributed by atoms with Crippen molar-refractivity contribution in [1.29, 1.82) is 5.26 Å². The van der Waals surface area contributed by atoms with E-state index in [0.29, 0.717) is 11.4 Å². The Balaban J connectivity index is 2.60. The molecule has 0 bridgehead atoms. The maximum Gasteiger partial charge on any atom is 0.122 e. The maximum absolute atomic E-state index is 9.19. The van der Waals surface area contributed by atoms with Crippen LogP contribution in [0.15, 0.2) is 10.5 Å². The lowest BCUT2D eigenvalue weighted by molar-refractivity contribution is 0.494. The highest BCUT2D eigenvalue weighted by atomic mass is 16.3. The highest BCUT2D eigenvalue weighted by molar-refractivity contribution is 5.58. The number of nitrogen functional groups attached to an aromatic ring is 1. The van der Waals surface area contributed by atoms with E-state index in [1.807, 2.05) is 38.3 Å². The average molecular weight is 257 g/mol. The summed E-state index contributed by atoms with van der Waals surface area (Å²) in [5.74, 6) is 2.32. The number of hydrogen-bond acceptors (Lipinski definition) is 3. The number of aromatic nitrogens is 1. The van der Waals surface area contributed by atoms with Gasteiger partial charge in [0.2, 0.25) is 0 Å². The van der Waals surface area contributed by atoms with Crippen molar-refractivity contribution >= 4 is 5.82 Å². The average Bonchev–Trinajstić information content (AvgIpc) is 2.78. The van der Waals surface area contributed by atoms with Crippen LogP contribution < -0.4 is 5.73 Å². The molecule has 0 saturated carbocycles. The molecule has 0 aliphatic rings. The molecule has 2 heterocycles. The van der Waals surface area contributed by atoms with Crippen molar-refractivity contribution in [2.24, 2.45) is 0 Å². The number of nitrogens with zero attached hydrogens (tertiary/aromatic N) is 2. The smallest absolute Gasteiger partial charge is 0.122 e. The zero-order chi connectivity index (χ0) is 14.3. The minimum absolute atomic E-state index is 0.0539. The largest absolute Gasteiger partial charge is 0.466 e. The summed E-state index contributed by atoms with van der Waals surface area (Å²) in [6.45, 7) is 9.88. The van der Waals surface area contributed by atoms with Crippen molar-refractivity contribution in [2.45, 2.75) is 40.7 Å². The van der Waals surface area contributed by atoms with E-state index in [-0.39, 0.29) is 6.04 Å². The van der Waals surface area contributed by atoms with Crippen LogP contribution in [0.1, 0.15) is 46.9 Å². The van der Waals surface area contributed by atoms with Crippen molar-refractivity contribution in [1.82, 2.24) is 4.57 Å². The van der Waals surface area contributed by atoms with Crippen LogP contribution in [0.25, 0.3) is 0 Å². The third-order valence-corrected chi connectivity index (χ3v) is 3.82. The molecule has 1 unspecified atom stereocenters. The lowest BCUT2D eigenvalue weighted by Crippen LogP contribution is -2.12. The molecular weight excluding hydrogens is 238 g/mol. The molecule has 0 aliphatic carbocycles. The Kier molecular flexibility index (Phi) is 3.15. The van der Waals surface area contributed by atoms with Gasteiger partial charge in [-0.15, -0.1) is 0 Å². The van der Waals surface area contributed by atoms with E-state index in [1.54, 1.807) is 0 Å². The lowest BCUT2D eigenvalue weighted by atomic mass is 10.1. The fourth-order valence-corrected chi connectivity index (χ4v) is 2.70. The van der Waals surface area contributed by atoms with Gasteiger partial charge in [-0.1, -0.05) is 0 Å². The Hall–Kier alpha value is -2.15. The maximum atomic E-state index is 9.19. The van der Waals surface area contributed by atoms with E-state index in [1.165, 1.54) is 0 Å². The van der Waals surface area contributed by atoms with Gasteiger partial charge in [0.25, 0.3) is 0 Å². The molecule has 2 rings (SSSR count). The van der Waals surface area contributed by atoms with Crippen LogP contribution in [-0.4, -0.2) is 4.57 Å². The molecule has 1 atom stereocenters. The van der Waals surface area contributed by atoms with E-state index in [4.69, 9.17) is 10.2 Å². The number of nitriles is 1. The molecule has 0 fully saturated rings. The van der Waals surface area contributed by atoms with E-state index in [2.05, 4.69) is 13.0 Å². The van der Waals surface area contributed by atoms with Crippen LogP contribution in [0.3, 0.4) is 0 Å². The number of rotatable bonds is 2. The number of aryl methyl sites for hydroxylation is 2. The second kappa shape index (κ2) is 4.51. The van der Waals surface area contributed by atoms with Crippen LogP contribution in [0.2, 0.25) is 0 Å². The molecule has 0 saturated heterocycles. The van der Waals surface area contributed by atoms with Crippen LogP contribution >= 0.6 is 0 Å². The van der Waals surface area contributed by atoms with E-state index in [9.17, 15) is 5.26 Å². The molecule has 4 heteroatoms. The second-order valence-corrected chi connectivity index (χ2v) is 5.00. The van der Waals surface area contributed by atoms with Gasteiger partial charge in [0, 0.05) is 11.3 Å². The van der Waals surface area contributed by atoms with E-state index in [0.717, 1.165) is 28.3 Å². The van der Waals surface area contributed by atoms with Gasteiger partial charge in [-0.2, -0.15) is 5.26 Å². The highest BCUT2D eigenvalue weighted by Gasteiger charge is 2.22. The lowest BCUT2D eigenvalue weighted by Gasteiger charge is -2.17. The Morgan fingerprint density at radius 1 is 1.32 bits per heavy atom. The van der Waals surface area contributed by atoms with E-state index < -0.39 is 0 Å². The van der Waals surface area contributed by atoms with Crippen molar-refractivity contribution in [3.63, 3.8) is 0 Å². The molecule has 2 aromatic heterocycles. The van der Waals surface area contributed by atoms with Gasteiger partial charge in [0.15, 0.2) is 0 Å². The van der Waals surface area contributed by atoms with Crippen LogP contribution in [0.5, 0.6) is 0 Å². The quantitative estimate of drug-likeness (QED) is 0.896. The summed E-state index contributed by atoms with van der Waals surface area (Å²) in [7, 11) is 0. The first-order chi connectivity index (χ1) is 8.88. The summed E-state index contributed by atoms with van der Waals surface area (Å²) in [5, 5.41) is 9.19. The minimum Gasteiger partial charge on any atom is -0.466 e. The Bertz CT molecular complexity index is 671. The standard InChI is InChI=1S/C15H19N3O/c1-8-6-13(12(5)19-8)11(4)18-10(3)9(2)14(7-16)15(18)17/h6,11H,17H2,1-5H3. The van der Waals surface area contributed by atoms with Crippen molar-refractivity contribution < 1.29 is 4.42 Å². The zero-order valence-electron chi connectivity index (χ0n) is 12.0. The topological polar surface area (TPSA) is 67.9 Å². The molecule has 0 aliphatic heterocycles. The molecule has 2 aromatic rings. The molecule has 0 spiro atoms. The SMILES string of the molecule is Cc1cc(C(C)n2c(C)c(C)c(C#N)c2N)c(C)o1. The number of hydrogen-bond donors (Lipinski definition) is 1. The number of anilines is 1. The first kappa shape index (κ1) is 13.3. The van der Waals surface area contributed by atoms with Gasteiger partial charge in [0.1, 0.15) is 23.4 Å². The van der Waals surface area contributed by atoms with Crippen LogP contribution in [0, 0.1) is 39.0 Å². The normalized spacial score (nSPS) is 12.4. The molecule has 0 radical (unpaired) electrons. The molecule has 19 heavy (non-hydrogen) atoms. The van der Waals surface area contributed by atoms with Gasteiger partial charge in [0.05, 0.1) is 11.6 Å². The van der Waals surface area contributed by atoms with Crippen molar-refractivity contribution in [3.05, 3.63) is 40.0 Å². The summed E-state index contributed by atoms with van der Waals surface area (Å²) in [6, 6.07) is 4.26. The third-order valence-electron chi connectivity index (χ3n) is 3.82. The van der Waals surface area contributed by atoms with Gasteiger partial charge < -0.3 is 14.7 Å². The van der Waals surface area contributed by atoms with E-state index >= 15 is 0 Å². The molecule has 0 amide bonds. The molecule has 4 nitrogen and oxygen atoms in total. The summed E-state index contributed by atoms with van der Waals surface area (Å²) in [6.07, 6.45) is 0. The summed E-state index contributed by atoms with van der Waals surface area (Å²) < 4.78 is 7.59. The molecule has 100 valence electrons. The van der Waals surface area contributed by atoms with Crippen LogP contribution in [0.4, 0.5) is 5.82 Å². The Labute approximate surface area is 113 Å². The Morgan fingerprint density at radius 2 is 1.95 bits per heavy atom. The predicted octanol–water partition coefficient (Wildman–Crippen LogP) is 3.38. The monoisotopic (exact) mass is 257 g/mol. The fourth-order valence-electron chi connectivity index (χ4n) is 2.70. The van der Waals surface area contributed by atoms with Gasteiger partial charge >= 0.3 is 0 Å². The van der Waals surface area contributed by atoms with Gasteiger partial charge in [-0.05, 0) is 46.2 Å². The zero-order valence-corrected chi connectivity index (χ0v) is 12.0. The Morgan fingerprint density at radius 3 is 2.37 bits per heavy atom. The summed E-state index contributed by atoms with van der Waals surface area (Å²) in [5.41, 5.74) is 9.77. The number of furan rings is 1. The fraction of sp³-hybridized carbons (Fsp3) is 0.400. The van der Waals surface area contributed by atoms with Crippen molar-refractivity contribution in [2.75, 3.05) is 5.73 Å². The molecule has 0 aromatic carbocycles. The van der Waals surface area contributed by atoms with Crippen molar-refractivity contribution in [3.8, 4) is 6.07 Å². The minimum atomic E-state index is 0.0539. The van der Waals surface area contributed by atoms with Gasteiger partial charge in [-0.3, -0.25) is 0 Å². The second-order valence-electron chi connectivity index (χ2n) is 5.00. The van der Waals surface area contributed by atoms with Crippen LogP contribution in [-0.2, 0) is 0 Å². The third kappa shape index (κ3) is 1.91. The molecule has 2 N–H and O–H groups in total. The first-order valence-electron chi connectivity index (χ1n) is 6.32. The predicted molar refractivity (Wildman–Crippen MR) is 75.0 cm³/mol. The highest BCUT2D eigenvalue weighted by Crippen LogP contribution is 2.32. The first-order valence-corrected chi connectivity index (χ1v) is 6.32.